The summed E-state index contributed by atoms with van der Waals surface area (Å²) in [7, 11) is 0. The second-order valence-corrected chi connectivity index (χ2v) is 4.37. The SMILES string of the molecule is Cc1cc(CC2CCOCC2)cc(C#N)n1. The zero-order valence-electron chi connectivity index (χ0n) is 9.57. The van der Waals surface area contributed by atoms with E-state index < -0.39 is 0 Å². The number of nitrogens with zero attached hydrogens (tertiary/aromatic N) is 2. The zero-order chi connectivity index (χ0) is 11.4. The van der Waals surface area contributed by atoms with E-state index >= 15 is 0 Å². The van der Waals surface area contributed by atoms with Crippen molar-refractivity contribution in [2.24, 2.45) is 5.92 Å². The predicted molar refractivity (Wildman–Crippen MR) is 60.9 cm³/mol. The van der Waals surface area contributed by atoms with Crippen molar-refractivity contribution in [3.63, 3.8) is 0 Å². The third-order valence-corrected chi connectivity index (χ3v) is 2.99. The van der Waals surface area contributed by atoms with Crippen LogP contribution in [0, 0.1) is 24.2 Å². The molecule has 1 fully saturated rings. The summed E-state index contributed by atoms with van der Waals surface area (Å²) in [5.41, 5.74) is 2.69. The first kappa shape index (κ1) is 11.1. The minimum Gasteiger partial charge on any atom is -0.381 e. The maximum Gasteiger partial charge on any atom is 0.141 e. The highest BCUT2D eigenvalue weighted by molar-refractivity contribution is 5.28. The molecular weight excluding hydrogens is 200 g/mol. The first-order valence-corrected chi connectivity index (χ1v) is 5.73. The summed E-state index contributed by atoms with van der Waals surface area (Å²) in [6.07, 6.45) is 3.30. The van der Waals surface area contributed by atoms with Crippen LogP contribution in [-0.4, -0.2) is 18.2 Å². The van der Waals surface area contributed by atoms with Gasteiger partial charge in [0.1, 0.15) is 11.8 Å². The molecule has 2 heterocycles. The van der Waals surface area contributed by atoms with Gasteiger partial charge in [0.2, 0.25) is 0 Å². The van der Waals surface area contributed by atoms with Gasteiger partial charge in [-0.1, -0.05) is 0 Å². The molecule has 0 aromatic carbocycles. The van der Waals surface area contributed by atoms with Gasteiger partial charge in [-0.05, 0) is 49.8 Å². The van der Waals surface area contributed by atoms with Gasteiger partial charge in [0.05, 0.1) is 0 Å². The lowest BCUT2D eigenvalue weighted by atomic mass is 9.92. The van der Waals surface area contributed by atoms with E-state index in [1.54, 1.807) is 0 Å². The van der Waals surface area contributed by atoms with Gasteiger partial charge in [-0.2, -0.15) is 5.26 Å². The van der Waals surface area contributed by atoms with Crippen molar-refractivity contribution in [3.8, 4) is 6.07 Å². The van der Waals surface area contributed by atoms with Crippen molar-refractivity contribution >= 4 is 0 Å². The molecule has 0 aliphatic carbocycles. The van der Waals surface area contributed by atoms with Crippen molar-refractivity contribution in [2.75, 3.05) is 13.2 Å². The Morgan fingerprint density at radius 2 is 2.19 bits per heavy atom. The van der Waals surface area contributed by atoms with Crippen LogP contribution in [0.15, 0.2) is 12.1 Å². The molecule has 0 amide bonds. The second-order valence-electron chi connectivity index (χ2n) is 4.37. The molecule has 2 rings (SSSR count). The van der Waals surface area contributed by atoms with Crippen molar-refractivity contribution in [3.05, 3.63) is 29.1 Å². The van der Waals surface area contributed by atoms with E-state index in [9.17, 15) is 0 Å². The topological polar surface area (TPSA) is 45.9 Å². The molecule has 1 aliphatic heterocycles. The van der Waals surface area contributed by atoms with Crippen LogP contribution in [0.3, 0.4) is 0 Å². The first-order valence-electron chi connectivity index (χ1n) is 5.73. The average Bonchev–Trinajstić information content (AvgIpc) is 2.29. The summed E-state index contributed by atoms with van der Waals surface area (Å²) in [6.45, 7) is 3.69. The van der Waals surface area contributed by atoms with Gasteiger partial charge in [0, 0.05) is 18.9 Å². The quantitative estimate of drug-likeness (QED) is 0.761. The van der Waals surface area contributed by atoms with Crippen molar-refractivity contribution in [1.82, 2.24) is 4.98 Å². The summed E-state index contributed by atoms with van der Waals surface area (Å²) in [5.74, 6) is 0.696. The molecule has 0 spiro atoms. The maximum absolute atomic E-state index is 8.86. The molecule has 1 saturated heterocycles. The Kier molecular flexibility index (Phi) is 3.53. The first-order chi connectivity index (χ1) is 7.78. The molecule has 0 unspecified atom stereocenters. The minimum atomic E-state index is 0.530. The summed E-state index contributed by atoms with van der Waals surface area (Å²) in [5, 5.41) is 8.86. The predicted octanol–water partition coefficient (Wildman–Crippen LogP) is 2.23. The summed E-state index contributed by atoms with van der Waals surface area (Å²) in [4.78, 5) is 4.16. The summed E-state index contributed by atoms with van der Waals surface area (Å²) >= 11 is 0. The van der Waals surface area contributed by atoms with Crippen LogP contribution in [0.4, 0.5) is 0 Å². The van der Waals surface area contributed by atoms with E-state index in [2.05, 4.69) is 17.1 Å². The van der Waals surface area contributed by atoms with Crippen molar-refractivity contribution in [1.29, 1.82) is 5.26 Å². The third-order valence-electron chi connectivity index (χ3n) is 2.99. The molecule has 0 saturated carbocycles. The van der Waals surface area contributed by atoms with Gasteiger partial charge >= 0.3 is 0 Å². The monoisotopic (exact) mass is 216 g/mol. The van der Waals surface area contributed by atoms with E-state index in [0.29, 0.717) is 11.6 Å². The van der Waals surface area contributed by atoms with Gasteiger partial charge < -0.3 is 4.74 Å². The Bertz CT molecular complexity index is 403. The second kappa shape index (κ2) is 5.09. The standard InChI is InChI=1S/C13H16N2O/c1-10-6-12(8-13(9-14)15-10)7-11-2-4-16-5-3-11/h6,8,11H,2-5,7H2,1H3. The number of nitriles is 1. The molecule has 3 nitrogen and oxygen atoms in total. The Morgan fingerprint density at radius 3 is 2.88 bits per heavy atom. The lowest BCUT2D eigenvalue weighted by molar-refractivity contribution is 0.0665. The summed E-state index contributed by atoms with van der Waals surface area (Å²) in [6, 6.07) is 6.09. The smallest absolute Gasteiger partial charge is 0.141 e. The fraction of sp³-hybridized carbons (Fsp3) is 0.538. The van der Waals surface area contributed by atoms with E-state index in [-0.39, 0.29) is 0 Å². The molecule has 1 aromatic rings. The molecule has 16 heavy (non-hydrogen) atoms. The number of aryl methyl sites for hydroxylation is 1. The fourth-order valence-corrected chi connectivity index (χ4v) is 2.20. The highest BCUT2D eigenvalue weighted by Gasteiger charge is 2.14. The molecule has 84 valence electrons. The number of hydrogen-bond acceptors (Lipinski definition) is 3. The van der Waals surface area contributed by atoms with Crippen LogP contribution in [0.5, 0.6) is 0 Å². The molecule has 1 aromatic heterocycles. The number of pyridine rings is 1. The van der Waals surface area contributed by atoms with E-state index in [0.717, 1.165) is 38.2 Å². The number of aromatic nitrogens is 1. The lowest BCUT2D eigenvalue weighted by Gasteiger charge is -2.22. The Morgan fingerprint density at radius 1 is 1.44 bits per heavy atom. The van der Waals surface area contributed by atoms with E-state index in [1.165, 1.54) is 5.56 Å². The van der Waals surface area contributed by atoms with Gasteiger partial charge in [0.15, 0.2) is 0 Å². The van der Waals surface area contributed by atoms with Crippen LogP contribution >= 0.6 is 0 Å². The van der Waals surface area contributed by atoms with Crippen LogP contribution in [0.1, 0.15) is 29.8 Å². The van der Waals surface area contributed by atoms with Gasteiger partial charge in [-0.15, -0.1) is 0 Å². The average molecular weight is 216 g/mol. The summed E-state index contributed by atoms with van der Waals surface area (Å²) < 4.78 is 5.34. The van der Waals surface area contributed by atoms with E-state index in [4.69, 9.17) is 10.00 Å². The third kappa shape index (κ3) is 2.80. The van der Waals surface area contributed by atoms with Crippen molar-refractivity contribution < 1.29 is 4.74 Å². The molecular formula is C13H16N2O. The van der Waals surface area contributed by atoms with Crippen LogP contribution in [0.2, 0.25) is 0 Å². The highest BCUT2D eigenvalue weighted by Crippen LogP contribution is 2.20. The largest absolute Gasteiger partial charge is 0.381 e. The van der Waals surface area contributed by atoms with Crippen LogP contribution in [-0.2, 0) is 11.2 Å². The molecule has 0 radical (unpaired) electrons. The van der Waals surface area contributed by atoms with Crippen LogP contribution < -0.4 is 0 Å². The number of rotatable bonds is 2. The number of hydrogen-bond donors (Lipinski definition) is 0. The van der Waals surface area contributed by atoms with Gasteiger partial charge in [-0.3, -0.25) is 0 Å². The fourth-order valence-electron chi connectivity index (χ4n) is 2.20. The van der Waals surface area contributed by atoms with Crippen LogP contribution in [0.25, 0.3) is 0 Å². The lowest BCUT2D eigenvalue weighted by Crippen LogP contribution is -2.17. The Balaban J connectivity index is 2.08. The van der Waals surface area contributed by atoms with Gasteiger partial charge in [0.25, 0.3) is 0 Å². The van der Waals surface area contributed by atoms with Crippen molar-refractivity contribution in [2.45, 2.75) is 26.2 Å². The molecule has 0 atom stereocenters. The Labute approximate surface area is 96.1 Å². The van der Waals surface area contributed by atoms with E-state index in [1.807, 2.05) is 13.0 Å². The molecule has 3 heteroatoms. The van der Waals surface area contributed by atoms with Gasteiger partial charge in [-0.25, -0.2) is 4.98 Å². The minimum absolute atomic E-state index is 0.530. The number of ether oxygens (including phenoxy) is 1. The molecule has 0 bridgehead atoms. The Hall–Kier alpha value is -1.40. The maximum atomic E-state index is 8.86. The zero-order valence-corrected chi connectivity index (χ0v) is 9.57. The molecule has 1 aliphatic rings. The highest BCUT2D eigenvalue weighted by atomic mass is 16.5. The molecule has 0 N–H and O–H groups in total. The normalized spacial score (nSPS) is 17.0.